The highest BCUT2D eigenvalue weighted by atomic mass is 19.4. The van der Waals surface area contributed by atoms with Crippen LogP contribution < -0.4 is 0 Å². The molecule has 0 fully saturated rings. The van der Waals surface area contributed by atoms with E-state index in [1.54, 1.807) is 0 Å². The quantitative estimate of drug-likeness (QED) is 0.654. The highest BCUT2D eigenvalue weighted by Crippen LogP contribution is 2.36. The van der Waals surface area contributed by atoms with Gasteiger partial charge in [-0.05, 0) is 12.1 Å². The van der Waals surface area contributed by atoms with Gasteiger partial charge in [0.15, 0.2) is 23.3 Å². The van der Waals surface area contributed by atoms with Crippen molar-refractivity contribution in [1.29, 1.82) is 0 Å². The lowest BCUT2D eigenvalue weighted by Crippen LogP contribution is -2.10. The average Bonchev–Trinajstić information content (AvgIpc) is 2.35. The second-order valence-corrected chi connectivity index (χ2v) is 3.89. The van der Waals surface area contributed by atoms with E-state index in [2.05, 4.69) is 0 Å². The highest BCUT2D eigenvalue weighted by molar-refractivity contribution is 5.65. The Morgan fingerprint density at radius 3 is 1.85 bits per heavy atom. The summed E-state index contributed by atoms with van der Waals surface area (Å²) in [5.41, 5.74) is -3.25. The van der Waals surface area contributed by atoms with Gasteiger partial charge < -0.3 is 0 Å². The topological polar surface area (TPSA) is 0 Å². The van der Waals surface area contributed by atoms with Crippen molar-refractivity contribution in [3.05, 3.63) is 59.2 Å². The van der Waals surface area contributed by atoms with Crippen molar-refractivity contribution in [3.63, 3.8) is 0 Å². The zero-order valence-electron chi connectivity index (χ0n) is 9.53. The smallest absolute Gasteiger partial charge is 0.204 e. The van der Waals surface area contributed by atoms with Gasteiger partial charge in [-0.3, -0.25) is 0 Å². The van der Waals surface area contributed by atoms with Crippen LogP contribution in [0.1, 0.15) is 5.56 Å². The number of alkyl halides is 3. The van der Waals surface area contributed by atoms with Gasteiger partial charge in [-0.15, -0.1) is 0 Å². The molecule has 0 heterocycles. The van der Waals surface area contributed by atoms with Gasteiger partial charge in [0.2, 0.25) is 0 Å². The summed E-state index contributed by atoms with van der Waals surface area (Å²) >= 11 is 0. The minimum atomic E-state index is -5.08. The molecule has 0 bridgehead atoms. The summed E-state index contributed by atoms with van der Waals surface area (Å²) in [6.45, 7) is 0. The van der Waals surface area contributed by atoms with Gasteiger partial charge in [-0.25, -0.2) is 17.6 Å². The molecule has 0 saturated carbocycles. The molecule has 0 radical (unpaired) electrons. The van der Waals surface area contributed by atoms with Gasteiger partial charge in [0.25, 0.3) is 0 Å². The Kier molecular flexibility index (Phi) is 3.45. The van der Waals surface area contributed by atoms with Gasteiger partial charge in [0.05, 0.1) is 5.56 Å². The third kappa shape index (κ3) is 2.35. The summed E-state index contributed by atoms with van der Waals surface area (Å²) in [5, 5.41) is 0. The molecule has 2 aromatic rings. The molecule has 0 unspecified atom stereocenters. The van der Waals surface area contributed by atoms with E-state index in [0.717, 1.165) is 18.2 Å². The maximum atomic E-state index is 13.6. The summed E-state index contributed by atoms with van der Waals surface area (Å²) in [6.07, 6.45) is -5.08. The van der Waals surface area contributed by atoms with E-state index in [9.17, 15) is 30.7 Å². The van der Waals surface area contributed by atoms with Gasteiger partial charge in [0.1, 0.15) is 0 Å². The second kappa shape index (κ2) is 4.81. The second-order valence-electron chi connectivity index (χ2n) is 3.89. The molecule has 0 aliphatic carbocycles. The molecule has 0 N–H and O–H groups in total. The lowest BCUT2D eigenvalue weighted by Gasteiger charge is -2.11. The largest absolute Gasteiger partial charge is 0.419 e. The zero-order valence-corrected chi connectivity index (χ0v) is 9.53. The average molecular weight is 294 g/mol. The first-order valence-corrected chi connectivity index (χ1v) is 5.23. The Balaban J connectivity index is 2.66. The zero-order chi connectivity index (χ0) is 15.1. The fourth-order valence-electron chi connectivity index (χ4n) is 1.69. The Bertz CT molecular complexity index is 658. The number of benzene rings is 2. The fourth-order valence-corrected chi connectivity index (χ4v) is 1.69. The van der Waals surface area contributed by atoms with Crippen molar-refractivity contribution in [2.45, 2.75) is 6.18 Å². The van der Waals surface area contributed by atoms with Crippen LogP contribution in [0.2, 0.25) is 0 Å². The van der Waals surface area contributed by atoms with Gasteiger partial charge in [-0.2, -0.15) is 13.2 Å². The Morgan fingerprint density at radius 1 is 0.650 bits per heavy atom. The van der Waals surface area contributed by atoms with E-state index < -0.39 is 46.1 Å². The van der Waals surface area contributed by atoms with Crippen LogP contribution in [0.3, 0.4) is 0 Å². The molecule has 0 saturated heterocycles. The summed E-state index contributed by atoms with van der Waals surface area (Å²) in [6, 6.07) is 3.54. The molecule has 2 aromatic carbocycles. The monoisotopic (exact) mass is 294 g/mol. The summed E-state index contributed by atoms with van der Waals surface area (Å²) in [5.74, 6) is -6.82. The lowest BCUT2D eigenvalue weighted by atomic mass is 10.0. The first-order valence-electron chi connectivity index (χ1n) is 5.23. The van der Waals surface area contributed by atoms with Crippen LogP contribution in [0.25, 0.3) is 11.1 Å². The van der Waals surface area contributed by atoms with E-state index >= 15 is 0 Å². The minimum absolute atomic E-state index is 0.276. The molecule has 0 amide bonds. The lowest BCUT2D eigenvalue weighted by molar-refractivity contribution is -0.140. The van der Waals surface area contributed by atoms with Crippen LogP contribution in [0.5, 0.6) is 0 Å². The molecule has 0 aromatic heterocycles. The third-order valence-corrected chi connectivity index (χ3v) is 2.63. The van der Waals surface area contributed by atoms with E-state index in [1.165, 1.54) is 0 Å². The number of hydrogen-bond acceptors (Lipinski definition) is 0. The molecular weight excluding hydrogens is 289 g/mol. The van der Waals surface area contributed by atoms with Crippen LogP contribution in [0.15, 0.2) is 30.3 Å². The molecule has 7 heteroatoms. The first kappa shape index (κ1) is 14.4. The minimum Gasteiger partial charge on any atom is -0.204 e. The maximum absolute atomic E-state index is 13.6. The van der Waals surface area contributed by atoms with Gasteiger partial charge in [-0.1, -0.05) is 18.2 Å². The number of rotatable bonds is 1. The predicted molar refractivity (Wildman–Crippen MR) is 56.7 cm³/mol. The molecule has 20 heavy (non-hydrogen) atoms. The normalized spacial score (nSPS) is 11.8. The summed E-state index contributed by atoms with van der Waals surface area (Å²) < 4.78 is 90.5. The van der Waals surface area contributed by atoms with Crippen molar-refractivity contribution in [2.24, 2.45) is 0 Å². The third-order valence-electron chi connectivity index (χ3n) is 2.63. The fraction of sp³-hybridized carbons (Fsp3) is 0.0769. The summed E-state index contributed by atoms with van der Waals surface area (Å²) in [7, 11) is 0. The van der Waals surface area contributed by atoms with Crippen molar-refractivity contribution >= 4 is 0 Å². The van der Waals surface area contributed by atoms with E-state index in [4.69, 9.17) is 0 Å². The van der Waals surface area contributed by atoms with Crippen LogP contribution in [0.4, 0.5) is 30.7 Å². The van der Waals surface area contributed by atoms with Crippen molar-refractivity contribution < 1.29 is 30.7 Å². The molecule has 0 aliphatic rings. The highest BCUT2D eigenvalue weighted by Gasteiger charge is 2.36. The number of halogens is 7. The molecule has 0 nitrogen and oxygen atoms in total. The first-order chi connectivity index (χ1) is 9.23. The molecule has 0 spiro atoms. The van der Waals surface area contributed by atoms with Crippen LogP contribution in [-0.4, -0.2) is 0 Å². The SMILES string of the molecule is Fc1cccc(-c2ccc(C(F)(F)F)c(F)c2F)c1F. The number of hydrogen-bond donors (Lipinski definition) is 0. The Hall–Kier alpha value is -2.05. The molecule has 106 valence electrons. The Labute approximate surface area is 108 Å². The van der Waals surface area contributed by atoms with Crippen molar-refractivity contribution in [2.75, 3.05) is 0 Å². The van der Waals surface area contributed by atoms with Crippen molar-refractivity contribution in [1.82, 2.24) is 0 Å². The molecule has 0 atom stereocenters. The molecular formula is C13H5F7. The predicted octanol–water partition coefficient (Wildman–Crippen LogP) is 4.93. The van der Waals surface area contributed by atoms with E-state index in [-0.39, 0.29) is 6.07 Å². The van der Waals surface area contributed by atoms with Crippen LogP contribution in [0, 0.1) is 23.3 Å². The standard InChI is InChI=1S/C13H5F7/c14-9-3-1-2-6(10(9)15)7-4-5-8(13(18,19)20)12(17)11(7)16/h1-5H. The van der Waals surface area contributed by atoms with E-state index in [1.807, 2.05) is 0 Å². The van der Waals surface area contributed by atoms with Crippen LogP contribution >= 0.6 is 0 Å². The van der Waals surface area contributed by atoms with Crippen LogP contribution in [-0.2, 0) is 6.18 Å². The molecule has 2 rings (SSSR count). The van der Waals surface area contributed by atoms with Gasteiger partial charge >= 0.3 is 6.18 Å². The maximum Gasteiger partial charge on any atom is 0.419 e. The van der Waals surface area contributed by atoms with E-state index in [0.29, 0.717) is 6.07 Å². The van der Waals surface area contributed by atoms with Gasteiger partial charge in [0, 0.05) is 11.1 Å². The molecule has 0 aliphatic heterocycles. The Morgan fingerprint density at radius 2 is 1.25 bits per heavy atom. The van der Waals surface area contributed by atoms with Crippen molar-refractivity contribution in [3.8, 4) is 11.1 Å². The summed E-state index contributed by atoms with van der Waals surface area (Å²) in [4.78, 5) is 0.